The third-order valence-corrected chi connectivity index (χ3v) is 2.81. The fraction of sp³-hybridized carbons (Fsp3) is 0.357. The molecule has 2 aromatic rings. The molecule has 2 rings (SSSR count). The zero-order valence-electron chi connectivity index (χ0n) is 10.3. The summed E-state index contributed by atoms with van der Waals surface area (Å²) in [7, 11) is 1.73. The fourth-order valence-corrected chi connectivity index (χ4v) is 1.85. The number of fused-ring (bicyclic) bond motifs is 1. The van der Waals surface area contributed by atoms with Crippen molar-refractivity contribution in [1.82, 2.24) is 4.98 Å². The van der Waals surface area contributed by atoms with Gasteiger partial charge < -0.3 is 10.1 Å². The molecule has 0 spiro atoms. The van der Waals surface area contributed by atoms with Crippen molar-refractivity contribution in [3.05, 3.63) is 36.5 Å². The second-order valence-corrected chi connectivity index (χ2v) is 4.20. The van der Waals surface area contributed by atoms with Gasteiger partial charge in [-0.3, -0.25) is 4.98 Å². The van der Waals surface area contributed by atoms with Crippen molar-refractivity contribution >= 4 is 16.6 Å². The SMILES string of the molecule is COCCC(C)Nc1ccnc2ccccc12. The molecule has 1 aromatic heterocycles. The molecule has 0 radical (unpaired) electrons. The van der Waals surface area contributed by atoms with Gasteiger partial charge in [0.1, 0.15) is 0 Å². The molecular formula is C14H18N2O. The number of anilines is 1. The fourth-order valence-electron chi connectivity index (χ4n) is 1.85. The van der Waals surface area contributed by atoms with Gasteiger partial charge in [-0.25, -0.2) is 0 Å². The van der Waals surface area contributed by atoms with Crippen LogP contribution in [0.25, 0.3) is 10.9 Å². The number of hydrogen-bond acceptors (Lipinski definition) is 3. The van der Waals surface area contributed by atoms with Gasteiger partial charge in [-0.2, -0.15) is 0 Å². The molecule has 0 aliphatic rings. The highest BCUT2D eigenvalue weighted by Crippen LogP contribution is 2.21. The minimum atomic E-state index is 0.390. The van der Waals surface area contributed by atoms with E-state index < -0.39 is 0 Å². The maximum atomic E-state index is 5.09. The molecule has 1 unspecified atom stereocenters. The van der Waals surface area contributed by atoms with Gasteiger partial charge >= 0.3 is 0 Å². The number of ether oxygens (including phenoxy) is 1. The van der Waals surface area contributed by atoms with Gasteiger partial charge in [0, 0.05) is 37.0 Å². The highest BCUT2D eigenvalue weighted by molar-refractivity contribution is 5.90. The maximum Gasteiger partial charge on any atom is 0.0722 e. The third kappa shape index (κ3) is 2.94. The average molecular weight is 230 g/mol. The smallest absolute Gasteiger partial charge is 0.0722 e. The molecule has 1 aromatic carbocycles. The molecule has 0 bridgehead atoms. The van der Waals surface area contributed by atoms with Crippen LogP contribution in [0.2, 0.25) is 0 Å². The van der Waals surface area contributed by atoms with Crippen molar-refractivity contribution in [3.8, 4) is 0 Å². The molecule has 0 amide bonds. The Balaban J connectivity index is 2.18. The Morgan fingerprint density at radius 1 is 1.29 bits per heavy atom. The number of nitrogens with one attached hydrogen (secondary N) is 1. The second kappa shape index (κ2) is 5.64. The van der Waals surface area contributed by atoms with E-state index in [1.807, 2.05) is 30.5 Å². The quantitative estimate of drug-likeness (QED) is 0.857. The molecule has 0 fully saturated rings. The zero-order valence-corrected chi connectivity index (χ0v) is 10.3. The first-order chi connectivity index (χ1) is 8.31. The van der Waals surface area contributed by atoms with E-state index in [9.17, 15) is 0 Å². The molecule has 0 saturated heterocycles. The average Bonchev–Trinajstić information content (AvgIpc) is 2.37. The van der Waals surface area contributed by atoms with Crippen LogP contribution in [0.5, 0.6) is 0 Å². The van der Waals surface area contributed by atoms with Crippen LogP contribution in [0.1, 0.15) is 13.3 Å². The van der Waals surface area contributed by atoms with Crippen LogP contribution >= 0.6 is 0 Å². The first-order valence-corrected chi connectivity index (χ1v) is 5.90. The summed E-state index contributed by atoms with van der Waals surface area (Å²) in [4.78, 5) is 4.35. The van der Waals surface area contributed by atoms with E-state index in [4.69, 9.17) is 4.74 Å². The summed E-state index contributed by atoms with van der Waals surface area (Å²) in [6.07, 6.45) is 2.83. The molecule has 0 aliphatic carbocycles. The van der Waals surface area contributed by atoms with Crippen molar-refractivity contribution in [2.75, 3.05) is 19.0 Å². The molecule has 3 nitrogen and oxygen atoms in total. The number of methoxy groups -OCH3 is 1. The molecule has 0 saturated carbocycles. The Hall–Kier alpha value is -1.61. The van der Waals surface area contributed by atoms with Gasteiger partial charge in [-0.05, 0) is 25.5 Å². The maximum absolute atomic E-state index is 5.09. The van der Waals surface area contributed by atoms with Gasteiger partial charge in [-0.15, -0.1) is 0 Å². The summed E-state index contributed by atoms with van der Waals surface area (Å²) in [6.45, 7) is 2.94. The molecule has 1 atom stereocenters. The van der Waals surface area contributed by atoms with Crippen molar-refractivity contribution in [2.45, 2.75) is 19.4 Å². The summed E-state index contributed by atoms with van der Waals surface area (Å²) >= 11 is 0. The molecule has 1 heterocycles. The van der Waals surface area contributed by atoms with Crippen LogP contribution in [0.15, 0.2) is 36.5 Å². The molecular weight excluding hydrogens is 212 g/mol. The van der Waals surface area contributed by atoms with Gasteiger partial charge in [-0.1, -0.05) is 18.2 Å². The van der Waals surface area contributed by atoms with Gasteiger partial charge in [0.2, 0.25) is 0 Å². The lowest BCUT2D eigenvalue weighted by Crippen LogP contribution is -2.17. The van der Waals surface area contributed by atoms with Gasteiger partial charge in [0.05, 0.1) is 5.52 Å². The normalized spacial score (nSPS) is 12.6. The zero-order chi connectivity index (χ0) is 12.1. The Bertz CT molecular complexity index is 479. The Morgan fingerprint density at radius 3 is 2.94 bits per heavy atom. The predicted molar refractivity (Wildman–Crippen MR) is 71.3 cm³/mol. The number of pyridine rings is 1. The van der Waals surface area contributed by atoms with E-state index in [1.165, 1.54) is 5.39 Å². The number of para-hydroxylation sites is 1. The third-order valence-electron chi connectivity index (χ3n) is 2.81. The van der Waals surface area contributed by atoms with Crippen LogP contribution < -0.4 is 5.32 Å². The van der Waals surface area contributed by atoms with E-state index in [2.05, 4.69) is 23.3 Å². The topological polar surface area (TPSA) is 34.1 Å². The van der Waals surface area contributed by atoms with E-state index in [0.717, 1.165) is 24.2 Å². The first kappa shape index (κ1) is 11.9. The van der Waals surface area contributed by atoms with E-state index in [1.54, 1.807) is 7.11 Å². The lowest BCUT2D eigenvalue weighted by molar-refractivity contribution is 0.191. The largest absolute Gasteiger partial charge is 0.385 e. The molecule has 1 N–H and O–H groups in total. The van der Waals surface area contributed by atoms with Crippen LogP contribution in [0, 0.1) is 0 Å². The predicted octanol–water partition coefficient (Wildman–Crippen LogP) is 3.07. The van der Waals surface area contributed by atoms with Crippen LogP contribution in [-0.4, -0.2) is 24.7 Å². The Labute approximate surface area is 102 Å². The number of benzene rings is 1. The minimum absolute atomic E-state index is 0.390. The van der Waals surface area contributed by atoms with Gasteiger partial charge in [0.25, 0.3) is 0 Å². The molecule has 17 heavy (non-hydrogen) atoms. The van der Waals surface area contributed by atoms with Crippen molar-refractivity contribution < 1.29 is 4.74 Å². The summed E-state index contributed by atoms with van der Waals surface area (Å²) in [5.41, 5.74) is 2.16. The lowest BCUT2D eigenvalue weighted by Gasteiger charge is -2.16. The summed E-state index contributed by atoms with van der Waals surface area (Å²) in [6, 6.07) is 10.6. The van der Waals surface area contributed by atoms with Crippen LogP contribution in [-0.2, 0) is 4.74 Å². The number of nitrogens with zero attached hydrogens (tertiary/aromatic N) is 1. The van der Waals surface area contributed by atoms with Crippen molar-refractivity contribution in [2.24, 2.45) is 0 Å². The Morgan fingerprint density at radius 2 is 2.12 bits per heavy atom. The summed E-state index contributed by atoms with van der Waals surface area (Å²) in [5.74, 6) is 0. The first-order valence-electron chi connectivity index (χ1n) is 5.90. The lowest BCUT2D eigenvalue weighted by atomic mass is 10.1. The van der Waals surface area contributed by atoms with Crippen LogP contribution in [0.4, 0.5) is 5.69 Å². The van der Waals surface area contributed by atoms with E-state index in [-0.39, 0.29) is 0 Å². The van der Waals surface area contributed by atoms with E-state index >= 15 is 0 Å². The number of aromatic nitrogens is 1. The highest BCUT2D eigenvalue weighted by Gasteiger charge is 2.05. The molecule has 90 valence electrons. The van der Waals surface area contributed by atoms with Crippen molar-refractivity contribution in [1.29, 1.82) is 0 Å². The van der Waals surface area contributed by atoms with E-state index in [0.29, 0.717) is 6.04 Å². The minimum Gasteiger partial charge on any atom is -0.385 e. The summed E-state index contributed by atoms with van der Waals surface area (Å²) < 4.78 is 5.09. The monoisotopic (exact) mass is 230 g/mol. The summed E-state index contributed by atoms with van der Waals surface area (Å²) in [5, 5.41) is 4.67. The van der Waals surface area contributed by atoms with Crippen molar-refractivity contribution in [3.63, 3.8) is 0 Å². The number of rotatable bonds is 5. The number of hydrogen-bond donors (Lipinski definition) is 1. The Kier molecular flexibility index (Phi) is 3.94. The second-order valence-electron chi connectivity index (χ2n) is 4.20. The molecule has 0 aliphatic heterocycles. The standard InChI is InChI=1S/C14H18N2O/c1-11(8-10-17-2)16-14-7-9-15-13-6-4-3-5-12(13)14/h3-7,9,11H,8,10H2,1-2H3,(H,15,16). The molecule has 3 heteroatoms. The highest BCUT2D eigenvalue weighted by atomic mass is 16.5. The van der Waals surface area contributed by atoms with Crippen LogP contribution in [0.3, 0.4) is 0 Å². The van der Waals surface area contributed by atoms with Gasteiger partial charge in [0.15, 0.2) is 0 Å².